The molecule has 9 heteroatoms. The summed E-state index contributed by atoms with van der Waals surface area (Å²) in [4.78, 5) is 39.9. The van der Waals surface area contributed by atoms with Crippen LogP contribution in [0, 0.1) is 0 Å². The predicted octanol–water partition coefficient (Wildman–Crippen LogP) is 1.82. The van der Waals surface area contributed by atoms with Crippen molar-refractivity contribution in [1.82, 2.24) is 10.6 Å². The lowest BCUT2D eigenvalue weighted by atomic mass is 10.1. The fourth-order valence-electron chi connectivity index (χ4n) is 2.15. The van der Waals surface area contributed by atoms with E-state index in [1.807, 2.05) is 19.1 Å². The van der Waals surface area contributed by atoms with Gasteiger partial charge < -0.3 is 15.4 Å². The van der Waals surface area contributed by atoms with Crippen LogP contribution in [0.3, 0.4) is 0 Å². The predicted molar refractivity (Wildman–Crippen MR) is 109 cm³/mol. The zero-order chi connectivity index (χ0) is 19.5. The lowest BCUT2D eigenvalue weighted by Gasteiger charge is -2.10. The molecule has 2 rings (SSSR count). The summed E-state index contributed by atoms with van der Waals surface area (Å²) in [5.74, 6) is 0.265. The number of thioether (sulfide) groups is 2. The second kappa shape index (κ2) is 11.7. The molecule has 0 saturated carbocycles. The van der Waals surface area contributed by atoms with Gasteiger partial charge in [0.25, 0.3) is 5.91 Å². The molecular formula is C18H23N3O4S2. The number of carbonyl (C=O) groups excluding carboxylic acids is 3. The highest BCUT2D eigenvalue weighted by Gasteiger charge is 2.16. The average Bonchev–Trinajstić information content (AvgIpc) is 3.21. The summed E-state index contributed by atoms with van der Waals surface area (Å²) in [6.45, 7) is 2.77. The van der Waals surface area contributed by atoms with Crippen molar-refractivity contribution in [2.24, 2.45) is 4.99 Å². The molecule has 0 aliphatic carbocycles. The van der Waals surface area contributed by atoms with Crippen LogP contribution in [0.4, 0.5) is 0 Å². The standard InChI is InChI=1S/C18H23N3O4S2/c1-2-7-19-15(22)10-21-16(23)11-25-17(24)14-6-4-3-5-13(14)12-27-18-20-8-9-26-18/h3-6H,2,7-12H2,1H3,(H,19,22)(H,21,23). The maximum atomic E-state index is 12.3. The third kappa shape index (κ3) is 7.64. The first-order chi connectivity index (χ1) is 13.1. The average molecular weight is 410 g/mol. The number of carbonyl (C=O) groups is 3. The van der Waals surface area contributed by atoms with Crippen LogP contribution in [0.25, 0.3) is 0 Å². The fourth-order valence-corrected chi connectivity index (χ4v) is 4.17. The highest BCUT2D eigenvalue weighted by molar-refractivity contribution is 8.38. The summed E-state index contributed by atoms with van der Waals surface area (Å²) in [6.07, 6.45) is 0.820. The van der Waals surface area contributed by atoms with Gasteiger partial charge in [0, 0.05) is 18.1 Å². The molecule has 1 heterocycles. The van der Waals surface area contributed by atoms with Crippen LogP contribution in [0.2, 0.25) is 0 Å². The van der Waals surface area contributed by atoms with E-state index in [1.54, 1.807) is 35.7 Å². The van der Waals surface area contributed by atoms with Gasteiger partial charge in [-0.1, -0.05) is 48.6 Å². The largest absolute Gasteiger partial charge is 0.452 e. The summed E-state index contributed by atoms with van der Waals surface area (Å²) in [7, 11) is 0. The van der Waals surface area contributed by atoms with Crippen LogP contribution in [0.1, 0.15) is 29.3 Å². The number of benzene rings is 1. The van der Waals surface area contributed by atoms with E-state index in [1.165, 1.54) is 0 Å². The Bertz CT molecular complexity index is 710. The number of ether oxygens (including phenoxy) is 1. The van der Waals surface area contributed by atoms with E-state index in [0.717, 1.165) is 28.7 Å². The summed E-state index contributed by atoms with van der Waals surface area (Å²) >= 11 is 3.31. The number of esters is 1. The fraction of sp³-hybridized carbons (Fsp3) is 0.444. The summed E-state index contributed by atoms with van der Waals surface area (Å²) < 4.78 is 6.12. The van der Waals surface area contributed by atoms with E-state index in [-0.39, 0.29) is 12.5 Å². The minimum atomic E-state index is -0.558. The van der Waals surface area contributed by atoms with E-state index in [4.69, 9.17) is 4.74 Å². The van der Waals surface area contributed by atoms with Gasteiger partial charge in [0.1, 0.15) is 4.38 Å². The topological polar surface area (TPSA) is 96.9 Å². The molecule has 1 aliphatic rings. The number of hydrogen-bond acceptors (Lipinski definition) is 7. The van der Waals surface area contributed by atoms with Crippen LogP contribution in [0.5, 0.6) is 0 Å². The molecule has 1 aromatic carbocycles. The van der Waals surface area contributed by atoms with Crippen molar-refractivity contribution in [1.29, 1.82) is 0 Å². The van der Waals surface area contributed by atoms with Gasteiger partial charge in [-0.05, 0) is 18.1 Å². The summed E-state index contributed by atoms with van der Waals surface area (Å²) in [5.41, 5.74) is 1.27. The normalized spacial score (nSPS) is 13.0. The smallest absolute Gasteiger partial charge is 0.338 e. The zero-order valence-corrected chi connectivity index (χ0v) is 16.8. The maximum absolute atomic E-state index is 12.3. The zero-order valence-electron chi connectivity index (χ0n) is 15.2. The van der Waals surface area contributed by atoms with Crippen molar-refractivity contribution >= 4 is 45.7 Å². The molecule has 0 bridgehead atoms. The highest BCUT2D eigenvalue weighted by Crippen LogP contribution is 2.26. The molecule has 0 aromatic heterocycles. The second-order valence-electron chi connectivity index (χ2n) is 5.64. The Morgan fingerprint density at radius 3 is 2.78 bits per heavy atom. The van der Waals surface area contributed by atoms with Crippen LogP contribution in [-0.4, -0.2) is 54.2 Å². The maximum Gasteiger partial charge on any atom is 0.338 e. The number of aliphatic imine (C=N–C) groups is 1. The van der Waals surface area contributed by atoms with E-state index in [2.05, 4.69) is 15.6 Å². The van der Waals surface area contributed by atoms with Crippen LogP contribution < -0.4 is 10.6 Å². The Morgan fingerprint density at radius 1 is 1.22 bits per heavy atom. The van der Waals surface area contributed by atoms with E-state index in [0.29, 0.717) is 17.9 Å². The van der Waals surface area contributed by atoms with Crippen LogP contribution in [0.15, 0.2) is 29.3 Å². The number of nitrogens with one attached hydrogen (secondary N) is 2. The number of amides is 2. The molecule has 1 aromatic rings. The van der Waals surface area contributed by atoms with Crippen molar-refractivity contribution < 1.29 is 19.1 Å². The monoisotopic (exact) mass is 409 g/mol. The van der Waals surface area contributed by atoms with Gasteiger partial charge in [0.15, 0.2) is 6.61 Å². The van der Waals surface area contributed by atoms with Crippen LogP contribution >= 0.6 is 23.5 Å². The molecule has 0 fully saturated rings. The van der Waals surface area contributed by atoms with Gasteiger partial charge in [0.2, 0.25) is 5.91 Å². The summed E-state index contributed by atoms with van der Waals surface area (Å²) in [6, 6.07) is 7.16. The number of nitrogens with zero attached hydrogens (tertiary/aromatic N) is 1. The first kappa shape index (κ1) is 21.3. The molecule has 2 amide bonds. The molecular weight excluding hydrogens is 386 g/mol. The highest BCUT2D eigenvalue weighted by atomic mass is 32.2. The Labute approximate surface area is 167 Å². The summed E-state index contributed by atoms with van der Waals surface area (Å²) in [5, 5.41) is 5.07. The Hall–Kier alpha value is -2.00. The first-order valence-corrected chi connectivity index (χ1v) is 10.7. The molecule has 0 atom stereocenters. The van der Waals surface area contributed by atoms with Gasteiger partial charge in [0.05, 0.1) is 18.7 Å². The molecule has 7 nitrogen and oxygen atoms in total. The molecule has 0 saturated heterocycles. The third-order valence-corrected chi connectivity index (χ3v) is 5.80. The van der Waals surface area contributed by atoms with Crippen molar-refractivity contribution in [3.8, 4) is 0 Å². The van der Waals surface area contributed by atoms with Crippen molar-refractivity contribution in [3.05, 3.63) is 35.4 Å². The number of hydrogen-bond donors (Lipinski definition) is 2. The van der Waals surface area contributed by atoms with E-state index < -0.39 is 18.5 Å². The van der Waals surface area contributed by atoms with Crippen LogP contribution in [-0.2, 0) is 20.1 Å². The van der Waals surface area contributed by atoms with Gasteiger partial charge in [-0.15, -0.1) is 0 Å². The Balaban J connectivity index is 1.79. The van der Waals surface area contributed by atoms with Crippen molar-refractivity contribution in [3.63, 3.8) is 0 Å². The molecule has 27 heavy (non-hydrogen) atoms. The second-order valence-corrected chi connectivity index (χ2v) is 7.95. The Morgan fingerprint density at radius 2 is 2.04 bits per heavy atom. The minimum Gasteiger partial charge on any atom is -0.452 e. The lowest BCUT2D eigenvalue weighted by molar-refractivity contribution is -0.127. The molecule has 0 unspecified atom stereocenters. The third-order valence-electron chi connectivity index (χ3n) is 3.50. The SMILES string of the molecule is CCCNC(=O)CNC(=O)COC(=O)c1ccccc1CSC1=NCCS1. The van der Waals surface area contributed by atoms with Crippen molar-refractivity contribution in [2.45, 2.75) is 19.1 Å². The molecule has 0 radical (unpaired) electrons. The van der Waals surface area contributed by atoms with Crippen molar-refractivity contribution in [2.75, 3.05) is 32.0 Å². The van der Waals surface area contributed by atoms with Gasteiger partial charge in [-0.3, -0.25) is 14.6 Å². The molecule has 146 valence electrons. The first-order valence-electron chi connectivity index (χ1n) is 8.68. The quantitative estimate of drug-likeness (QED) is 0.604. The Kier molecular flexibility index (Phi) is 9.20. The lowest BCUT2D eigenvalue weighted by Crippen LogP contribution is -2.38. The van der Waals surface area contributed by atoms with E-state index >= 15 is 0 Å². The van der Waals surface area contributed by atoms with Gasteiger partial charge in [-0.2, -0.15) is 0 Å². The van der Waals surface area contributed by atoms with Gasteiger partial charge >= 0.3 is 5.97 Å². The van der Waals surface area contributed by atoms with E-state index in [9.17, 15) is 14.4 Å². The van der Waals surface area contributed by atoms with Gasteiger partial charge in [-0.25, -0.2) is 4.79 Å². The minimum absolute atomic E-state index is 0.136. The molecule has 0 spiro atoms. The number of rotatable bonds is 9. The molecule has 2 N–H and O–H groups in total. The molecule has 1 aliphatic heterocycles.